The first kappa shape index (κ1) is 35.0. The van der Waals surface area contributed by atoms with Crippen LogP contribution in [0.15, 0.2) is 60.7 Å². The van der Waals surface area contributed by atoms with Crippen LogP contribution in [0.4, 0.5) is 5.69 Å². The molecule has 2 atom stereocenters. The van der Waals surface area contributed by atoms with Crippen molar-refractivity contribution in [2.24, 2.45) is 11.8 Å². The molecule has 4 rings (SSSR count). The molecule has 1 saturated heterocycles. The van der Waals surface area contributed by atoms with Crippen LogP contribution in [0.1, 0.15) is 58.4 Å². The molecule has 3 amide bonds. The van der Waals surface area contributed by atoms with Crippen molar-refractivity contribution < 1.29 is 24.3 Å². The Hall–Kier alpha value is -4.23. The molecule has 1 aliphatic heterocycles. The maximum absolute atomic E-state index is 13.5. The van der Waals surface area contributed by atoms with Gasteiger partial charge in [-0.25, -0.2) is 0 Å². The first-order valence-corrected chi connectivity index (χ1v) is 14.7. The summed E-state index contributed by atoms with van der Waals surface area (Å²) >= 11 is 0. The lowest BCUT2D eigenvalue weighted by molar-refractivity contribution is -0.143. The molecule has 2 unspecified atom stereocenters. The third-order valence-electron chi connectivity index (χ3n) is 7.24. The zero-order chi connectivity index (χ0) is 31.8. The number of nitriles is 1. The molecule has 232 valence electrons. The Bertz CT molecular complexity index is 1210. The summed E-state index contributed by atoms with van der Waals surface area (Å²) in [4.78, 5) is 50.7. The van der Waals surface area contributed by atoms with Crippen molar-refractivity contribution in [2.75, 3.05) is 25.5 Å². The second-order valence-corrected chi connectivity index (χ2v) is 11.6. The van der Waals surface area contributed by atoms with Crippen LogP contribution in [-0.2, 0) is 25.7 Å². The van der Waals surface area contributed by atoms with Crippen LogP contribution in [0.2, 0.25) is 0 Å². The van der Waals surface area contributed by atoms with E-state index in [1.54, 1.807) is 19.2 Å². The minimum absolute atomic E-state index is 0.102. The van der Waals surface area contributed by atoms with Crippen LogP contribution in [0.3, 0.4) is 0 Å². The SMILES string of the molecule is CC(C)C.CN(CC(=O)N1CC(C(=O)Nc2ccccc2)CC1C#N)C(=O)C1(NCc2ccccc2)CCCC1.O=CO. The molecule has 1 heterocycles. The number of benzene rings is 2. The Kier molecular flexibility index (Phi) is 14.4. The number of para-hydroxylation sites is 1. The van der Waals surface area contributed by atoms with Gasteiger partial charge in [-0.1, -0.05) is 82.1 Å². The fraction of sp³-hybridized carbons (Fsp3) is 0.485. The van der Waals surface area contributed by atoms with Gasteiger partial charge in [0.05, 0.1) is 24.1 Å². The topological polar surface area (TPSA) is 143 Å². The molecule has 2 fully saturated rings. The predicted octanol–water partition coefficient (Wildman–Crippen LogP) is 4.29. The molecule has 0 bridgehead atoms. The highest BCUT2D eigenvalue weighted by atomic mass is 16.3. The molecule has 1 saturated carbocycles. The van der Waals surface area contributed by atoms with Gasteiger partial charge in [0, 0.05) is 25.8 Å². The standard InChI is InChI=1S/C28H33N5O3.C4H10.CH2O2/c1-32(27(36)28(14-8-9-15-28)30-18-21-10-4-2-5-11-21)20-25(34)33-19-22(16-24(33)17-29)26(35)31-23-12-6-3-7-13-23;1-4(2)3;2-1-3/h2-7,10-13,22,24,30H,8-9,14-16,18-20H2,1H3,(H,31,35);4H,1-3H3;1H,(H,2,3). The van der Waals surface area contributed by atoms with Crippen LogP contribution < -0.4 is 10.6 Å². The second kappa shape index (κ2) is 17.7. The Morgan fingerprint density at radius 3 is 2.14 bits per heavy atom. The summed E-state index contributed by atoms with van der Waals surface area (Å²) in [7, 11) is 1.64. The molecule has 0 spiro atoms. The van der Waals surface area contributed by atoms with E-state index in [1.165, 1.54) is 9.80 Å². The Balaban J connectivity index is 0.000000836. The zero-order valence-corrected chi connectivity index (χ0v) is 25.7. The molecule has 0 aromatic heterocycles. The molecule has 1 aliphatic carbocycles. The van der Waals surface area contributed by atoms with Crippen LogP contribution in [0.25, 0.3) is 0 Å². The maximum Gasteiger partial charge on any atom is 0.290 e. The van der Waals surface area contributed by atoms with E-state index in [0.717, 1.165) is 37.2 Å². The number of amides is 3. The van der Waals surface area contributed by atoms with Crippen molar-refractivity contribution in [3.63, 3.8) is 0 Å². The van der Waals surface area contributed by atoms with E-state index < -0.39 is 17.5 Å². The summed E-state index contributed by atoms with van der Waals surface area (Å²) in [5.74, 6) is -0.274. The van der Waals surface area contributed by atoms with Gasteiger partial charge in [0.1, 0.15) is 6.04 Å². The first-order valence-electron chi connectivity index (χ1n) is 14.7. The van der Waals surface area contributed by atoms with Crippen molar-refractivity contribution in [3.8, 4) is 6.07 Å². The summed E-state index contributed by atoms with van der Waals surface area (Å²) in [6.07, 6.45) is 3.64. The largest absolute Gasteiger partial charge is 0.483 e. The van der Waals surface area contributed by atoms with Crippen LogP contribution in [0, 0.1) is 23.2 Å². The predicted molar refractivity (Wildman–Crippen MR) is 166 cm³/mol. The average Bonchev–Trinajstić information content (AvgIpc) is 3.65. The lowest BCUT2D eigenvalue weighted by Gasteiger charge is -2.34. The van der Waals surface area contributed by atoms with Gasteiger partial charge in [0.25, 0.3) is 6.47 Å². The molecule has 3 N–H and O–H groups in total. The lowest BCUT2D eigenvalue weighted by atomic mass is 9.95. The fourth-order valence-electron chi connectivity index (χ4n) is 5.23. The van der Waals surface area contributed by atoms with E-state index in [2.05, 4.69) is 37.5 Å². The second-order valence-electron chi connectivity index (χ2n) is 11.6. The number of anilines is 1. The molecular formula is C33H45N5O5. The number of likely N-dealkylation sites (tertiary alicyclic amines) is 1. The average molecular weight is 592 g/mol. The summed E-state index contributed by atoms with van der Waals surface area (Å²) < 4.78 is 0. The first-order chi connectivity index (χ1) is 20.6. The number of carbonyl (C=O) groups excluding carboxylic acids is 3. The summed E-state index contributed by atoms with van der Waals surface area (Å²) in [6, 6.07) is 20.5. The highest BCUT2D eigenvalue weighted by molar-refractivity contribution is 5.94. The highest BCUT2D eigenvalue weighted by Crippen LogP contribution is 2.32. The van der Waals surface area contributed by atoms with Gasteiger partial charge in [-0.2, -0.15) is 5.26 Å². The van der Waals surface area contributed by atoms with Gasteiger partial charge in [0.2, 0.25) is 17.7 Å². The summed E-state index contributed by atoms with van der Waals surface area (Å²) in [5.41, 5.74) is 1.09. The Morgan fingerprint density at radius 1 is 1.07 bits per heavy atom. The maximum atomic E-state index is 13.5. The molecule has 2 aromatic rings. The van der Waals surface area contributed by atoms with E-state index in [1.807, 2.05) is 48.5 Å². The van der Waals surface area contributed by atoms with Crippen LogP contribution >= 0.6 is 0 Å². The molecule has 2 aromatic carbocycles. The number of nitrogens with one attached hydrogen (secondary N) is 2. The number of hydrogen-bond acceptors (Lipinski definition) is 6. The normalized spacial score (nSPS) is 18.3. The molecule has 10 heteroatoms. The van der Waals surface area contributed by atoms with E-state index in [9.17, 15) is 19.6 Å². The van der Waals surface area contributed by atoms with E-state index in [4.69, 9.17) is 9.90 Å². The van der Waals surface area contributed by atoms with Gasteiger partial charge >= 0.3 is 0 Å². The van der Waals surface area contributed by atoms with Gasteiger partial charge < -0.3 is 20.2 Å². The summed E-state index contributed by atoms with van der Waals surface area (Å²) in [5, 5.41) is 22.9. The quantitative estimate of drug-likeness (QED) is 0.389. The number of nitrogens with zero attached hydrogens (tertiary/aromatic N) is 3. The fourth-order valence-corrected chi connectivity index (χ4v) is 5.23. The van der Waals surface area contributed by atoms with Crippen molar-refractivity contribution in [2.45, 2.75) is 71.0 Å². The molecule has 2 aliphatic rings. The van der Waals surface area contributed by atoms with Gasteiger partial charge in [0.15, 0.2) is 0 Å². The Morgan fingerprint density at radius 2 is 1.60 bits per heavy atom. The van der Waals surface area contributed by atoms with E-state index >= 15 is 0 Å². The lowest BCUT2D eigenvalue weighted by Crippen LogP contribution is -2.57. The summed E-state index contributed by atoms with van der Waals surface area (Å²) in [6.45, 7) is 6.86. The van der Waals surface area contributed by atoms with Gasteiger partial charge in [-0.3, -0.25) is 24.5 Å². The van der Waals surface area contributed by atoms with Crippen LogP contribution in [0.5, 0.6) is 0 Å². The molecular weight excluding hydrogens is 546 g/mol. The molecule has 43 heavy (non-hydrogen) atoms. The number of rotatable bonds is 8. The molecule has 10 nitrogen and oxygen atoms in total. The van der Waals surface area contributed by atoms with Crippen molar-refractivity contribution in [1.82, 2.24) is 15.1 Å². The van der Waals surface area contributed by atoms with Gasteiger partial charge in [-0.15, -0.1) is 0 Å². The third kappa shape index (κ3) is 10.8. The van der Waals surface area contributed by atoms with E-state index in [0.29, 0.717) is 12.2 Å². The van der Waals surface area contributed by atoms with Crippen molar-refractivity contribution in [1.29, 1.82) is 5.26 Å². The highest BCUT2D eigenvalue weighted by Gasteiger charge is 2.44. The minimum atomic E-state index is -0.692. The Labute approximate surface area is 255 Å². The minimum Gasteiger partial charge on any atom is -0.483 e. The van der Waals surface area contributed by atoms with E-state index in [-0.39, 0.29) is 43.7 Å². The molecule has 0 radical (unpaired) electrons. The number of carboxylic acid groups (broad SMARTS) is 1. The zero-order valence-electron chi connectivity index (χ0n) is 25.7. The van der Waals surface area contributed by atoms with Crippen molar-refractivity contribution in [3.05, 3.63) is 66.2 Å². The monoisotopic (exact) mass is 591 g/mol. The smallest absolute Gasteiger partial charge is 0.290 e. The van der Waals surface area contributed by atoms with Crippen molar-refractivity contribution >= 4 is 29.9 Å². The number of likely N-dealkylation sites (N-methyl/N-ethyl adjacent to an activating group) is 1. The van der Waals surface area contributed by atoms with Crippen LogP contribution in [-0.4, -0.2) is 70.8 Å². The third-order valence-corrected chi connectivity index (χ3v) is 7.24. The number of carbonyl (C=O) groups is 4. The number of hydrogen-bond donors (Lipinski definition) is 3. The van der Waals surface area contributed by atoms with Gasteiger partial charge in [-0.05, 0) is 42.9 Å².